The predicted molar refractivity (Wildman–Crippen MR) is 62.0 cm³/mol. The van der Waals surface area contributed by atoms with Crippen LogP contribution in [0.1, 0.15) is 5.56 Å². The zero-order chi connectivity index (χ0) is 13.9. The van der Waals surface area contributed by atoms with Crippen molar-refractivity contribution in [3.63, 3.8) is 0 Å². The summed E-state index contributed by atoms with van der Waals surface area (Å²) >= 11 is 0. The highest BCUT2D eigenvalue weighted by molar-refractivity contribution is 7.89. The van der Waals surface area contributed by atoms with Gasteiger partial charge in [0.05, 0.1) is 9.82 Å². The SMILES string of the molecule is Cc1cc(S(=O)(=O)NCCN)cc([N+](=O)[O-])c1F. The van der Waals surface area contributed by atoms with Gasteiger partial charge < -0.3 is 5.73 Å². The maximum absolute atomic E-state index is 13.4. The molecular weight excluding hydrogens is 265 g/mol. The monoisotopic (exact) mass is 277 g/mol. The second-order valence-corrected chi connectivity index (χ2v) is 5.28. The lowest BCUT2D eigenvalue weighted by molar-refractivity contribution is -0.387. The van der Waals surface area contributed by atoms with E-state index in [1.165, 1.54) is 6.92 Å². The Morgan fingerprint density at radius 2 is 2.11 bits per heavy atom. The van der Waals surface area contributed by atoms with Gasteiger partial charge in [-0.1, -0.05) is 0 Å². The third-order valence-corrected chi connectivity index (χ3v) is 3.59. The van der Waals surface area contributed by atoms with Crippen molar-refractivity contribution in [1.82, 2.24) is 4.72 Å². The van der Waals surface area contributed by atoms with Gasteiger partial charge >= 0.3 is 5.69 Å². The summed E-state index contributed by atoms with van der Waals surface area (Å²) in [4.78, 5) is 9.27. The first-order chi connectivity index (χ1) is 8.29. The van der Waals surface area contributed by atoms with Crippen LogP contribution in [-0.4, -0.2) is 26.4 Å². The highest BCUT2D eigenvalue weighted by atomic mass is 32.2. The summed E-state index contributed by atoms with van der Waals surface area (Å²) in [6.07, 6.45) is 0. The fourth-order valence-electron chi connectivity index (χ4n) is 1.28. The van der Waals surface area contributed by atoms with Gasteiger partial charge in [0.1, 0.15) is 0 Å². The van der Waals surface area contributed by atoms with E-state index in [2.05, 4.69) is 4.72 Å². The Morgan fingerprint density at radius 1 is 1.50 bits per heavy atom. The molecule has 0 fully saturated rings. The Morgan fingerprint density at radius 3 is 2.61 bits per heavy atom. The summed E-state index contributed by atoms with van der Waals surface area (Å²) in [5, 5.41) is 10.6. The van der Waals surface area contributed by atoms with Crippen molar-refractivity contribution < 1.29 is 17.7 Å². The normalized spacial score (nSPS) is 11.5. The molecule has 0 saturated heterocycles. The maximum Gasteiger partial charge on any atom is 0.306 e. The van der Waals surface area contributed by atoms with Gasteiger partial charge in [-0.2, -0.15) is 4.39 Å². The maximum atomic E-state index is 13.4. The van der Waals surface area contributed by atoms with Crippen LogP contribution in [0.15, 0.2) is 17.0 Å². The van der Waals surface area contributed by atoms with E-state index in [0.717, 1.165) is 6.07 Å². The molecule has 0 radical (unpaired) electrons. The Balaban J connectivity index is 3.31. The van der Waals surface area contributed by atoms with Gasteiger partial charge in [-0.05, 0) is 18.6 Å². The van der Waals surface area contributed by atoms with E-state index in [4.69, 9.17) is 5.73 Å². The Bertz CT molecular complexity index is 573. The summed E-state index contributed by atoms with van der Waals surface area (Å²) in [5.74, 6) is -1.04. The molecule has 1 aromatic rings. The van der Waals surface area contributed by atoms with E-state index >= 15 is 0 Å². The van der Waals surface area contributed by atoms with Gasteiger partial charge in [0, 0.05) is 19.2 Å². The number of halogens is 1. The molecule has 9 heteroatoms. The highest BCUT2D eigenvalue weighted by Crippen LogP contribution is 2.24. The summed E-state index contributed by atoms with van der Waals surface area (Å²) in [7, 11) is -3.92. The standard InChI is InChI=1S/C9H12FN3O4S/c1-6-4-7(18(16,17)12-3-2-11)5-8(9(6)10)13(14)15/h4-5,12H,2-3,11H2,1H3. The smallest absolute Gasteiger partial charge is 0.306 e. The average Bonchev–Trinajstić information content (AvgIpc) is 2.29. The molecule has 3 N–H and O–H groups in total. The third-order valence-electron chi connectivity index (χ3n) is 2.15. The molecule has 100 valence electrons. The van der Waals surface area contributed by atoms with Crippen LogP contribution in [-0.2, 0) is 10.0 Å². The molecule has 0 aliphatic carbocycles. The summed E-state index contributed by atoms with van der Waals surface area (Å²) < 4.78 is 39.0. The van der Waals surface area contributed by atoms with Crippen molar-refractivity contribution in [3.8, 4) is 0 Å². The van der Waals surface area contributed by atoms with E-state index in [0.29, 0.717) is 6.07 Å². The molecule has 0 amide bonds. The Hall–Kier alpha value is -1.58. The molecule has 0 atom stereocenters. The second-order valence-electron chi connectivity index (χ2n) is 3.52. The van der Waals surface area contributed by atoms with Crippen LogP contribution < -0.4 is 10.5 Å². The number of rotatable bonds is 5. The van der Waals surface area contributed by atoms with E-state index < -0.39 is 26.5 Å². The number of nitrogens with two attached hydrogens (primary N) is 1. The fourth-order valence-corrected chi connectivity index (χ4v) is 2.44. The van der Waals surface area contributed by atoms with E-state index in [9.17, 15) is 22.9 Å². The van der Waals surface area contributed by atoms with Crippen molar-refractivity contribution in [2.75, 3.05) is 13.1 Å². The first kappa shape index (κ1) is 14.5. The molecule has 7 nitrogen and oxygen atoms in total. The van der Waals surface area contributed by atoms with Gasteiger partial charge in [-0.3, -0.25) is 10.1 Å². The second kappa shape index (κ2) is 5.38. The van der Waals surface area contributed by atoms with E-state index in [1.807, 2.05) is 0 Å². The average molecular weight is 277 g/mol. The minimum absolute atomic E-state index is 0.00739. The van der Waals surface area contributed by atoms with Crippen LogP contribution in [0.25, 0.3) is 0 Å². The van der Waals surface area contributed by atoms with Crippen LogP contribution in [0.2, 0.25) is 0 Å². The van der Waals surface area contributed by atoms with Gasteiger partial charge in [-0.15, -0.1) is 0 Å². The number of sulfonamides is 1. The number of aryl methyl sites for hydroxylation is 1. The van der Waals surface area contributed by atoms with Crippen LogP contribution >= 0.6 is 0 Å². The van der Waals surface area contributed by atoms with Crippen molar-refractivity contribution in [2.45, 2.75) is 11.8 Å². The summed E-state index contributed by atoms with van der Waals surface area (Å²) in [5.41, 5.74) is 4.17. The number of benzene rings is 1. The molecule has 0 unspecified atom stereocenters. The molecule has 18 heavy (non-hydrogen) atoms. The Labute approximate surface area is 103 Å². The molecule has 0 saturated carbocycles. The zero-order valence-electron chi connectivity index (χ0n) is 9.51. The van der Waals surface area contributed by atoms with Crippen LogP contribution in [0.5, 0.6) is 0 Å². The number of nitrogens with zero attached hydrogens (tertiary/aromatic N) is 1. The molecule has 1 aromatic carbocycles. The van der Waals surface area contributed by atoms with Crippen LogP contribution in [0.3, 0.4) is 0 Å². The summed E-state index contributed by atoms with van der Waals surface area (Å²) in [6.45, 7) is 1.33. The molecule has 0 bridgehead atoms. The first-order valence-electron chi connectivity index (χ1n) is 4.94. The molecule has 0 aliphatic heterocycles. The van der Waals surface area contributed by atoms with E-state index in [-0.39, 0.29) is 23.5 Å². The number of hydrogen-bond acceptors (Lipinski definition) is 5. The quantitative estimate of drug-likeness (QED) is 0.592. The lowest BCUT2D eigenvalue weighted by Gasteiger charge is -2.07. The molecule has 1 rings (SSSR count). The lowest BCUT2D eigenvalue weighted by Crippen LogP contribution is -2.29. The van der Waals surface area contributed by atoms with Crippen molar-refractivity contribution >= 4 is 15.7 Å². The number of nitrogens with one attached hydrogen (secondary N) is 1. The summed E-state index contributed by atoms with van der Waals surface area (Å²) in [6, 6.07) is 1.71. The molecule has 0 spiro atoms. The van der Waals surface area contributed by atoms with Crippen LogP contribution in [0.4, 0.5) is 10.1 Å². The zero-order valence-corrected chi connectivity index (χ0v) is 10.3. The molecule has 0 aromatic heterocycles. The lowest BCUT2D eigenvalue weighted by atomic mass is 10.2. The number of nitro benzene ring substituents is 1. The molecule has 0 heterocycles. The van der Waals surface area contributed by atoms with Gasteiger partial charge in [0.25, 0.3) is 0 Å². The fraction of sp³-hybridized carbons (Fsp3) is 0.333. The van der Waals surface area contributed by atoms with Crippen molar-refractivity contribution in [1.29, 1.82) is 0 Å². The van der Waals surface area contributed by atoms with Crippen LogP contribution in [0, 0.1) is 22.9 Å². The minimum Gasteiger partial charge on any atom is -0.329 e. The van der Waals surface area contributed by atoms with Gasteiger partial charge in [0.2, 0.25) is 15.8 Å². The molecule has 0 aliphatic rings. The molecular formula is C9H12FN3O4S. The van der Waals surface area contributed by atoms with Gasteiger partial charge in [0.15, 0.2) is 0 Å². The highest BCUT2D eigenvalue weighted by Gasteiger charge is 2.23. The van der Waals surface area contributed by atoms with Gasteiger partial charge in [-0.25, -0.2) is 13.1 Å². The van der Waals surface area contributed by atoms with Crippen molar-refractivity contribution in [3.05, 3.63) is 33.6 Å². The first-order valence-corrected chi connectivity index (χ1v) is 6.42. The Kier molecular flexibility index (Phi) is 4.33. The predicted octanol–water partition coefficient (Wildman–Crippen LogP) is 0.279. The van der Waals surface area contributed by atoms with Crippen molar-refractivity contribution in [2.24, 2.45) is 5.73 Å². The minimum atomic E-state index is -3.92. The largest absolute Gasteiger partial charge is 0.329 e. The van der Waals surface area contributed by atoms with E-state index in [1.54, 1.807) is 0 Å². The topological polar surface area (TPSA) is 115 Å². The number of hydrogen-bond donors (Lipinski definition) is 2. The number of nitro groups is 1. The third kappa shape index (κ3) is 3.00.